The van der Waals surface area contributed by atoms with Gasteiger partial charge in [-0.15, -0.1) is 5.10 Å². The Morgan fingerprint density at radius 2 is 1.95 bits per heavy atom. The molecule has 4 aromatic rings. The minimum absolute atomic E-state index is 0.133. The molecular formula is C25H22ClFN4O8. The normalized spacial score (nSPS) is 12.6. The average molecular weight is 561 g/mol. The molecular weight excluding hydrogens is 539 g/mol. The Kier molecular flexibility index (Phi) is 8.42. The standard InChI is InChI=1S/C25H22ClFN4O8/c1-13-22(39-25(36)38-13)12-37-31-11-20(29-30-31)23(33)28-17(10-21(32)24(34)35)8-14-2-4-15(5-3-14)18-9-16(26)6-7-19(18)27/h2-7,9,11,17,21,32H,8,10,12H2,1H3,(H,28,33)(H,34,35). The van der Waals surface area contributed by atoms with Gasteiger partial charge >= 0.3 is 11.8 Å². The molecule has 14 heteroatoms. The summed E-state index contributed by atoms with van der Waals surface area (Å²) in [4.78, 5) is 41.4. The highest BCUT2D eigenvalue weighted by molar-refractivity contribution is 6.30. The maximum atomic E-state index is 14.2. The molecule has 1 amide bonds. The molecule has 0 spiro atoms. The van der Waals surface area contributed by atoms with Crippen LogP contribution in [0.1, 0.15) is 34.0 Å². The van der Waals surface area contributed by atoms with Crippen LogP contribution in [-0.4, -0.2) is 49.4 Å². The number of nitrogens with zero attached hydrogens (tertiary/aromatic N) is 3. The number of aliphatic hydroxyl groups is 1. The molecule has 204 valence electrons. The van der Waals surface area contributed by atoms with Gasteiger partial charge in [0.05, 0.1) is 0 Å². The van der Waals surface area contributed by atoms with Crippen LogP contribution in [0.5, 0.6) is 0 Å². The van der Waals surface area contributed by atoms with E-state index in [1.54, 1.807) is 24.3 Å². The van der Waals surface area contributed by atoms with Gasteiger partial charge in [-0.3, -0.25) is 4.79 Å². The number of amides is 1. The number of carboxylic acid groups (broad SMARTS) is 1. The number of carbonyl (C=O) groups excluding carboxylic acids is 1. The van der Waals surface area contributed by atoms with Crippen LogP contribution in [0.25, 0.3) is 11.1 Å². The van der Waals surface area contributed by atoms with E-state index in [0.29, 0.717) is 21.7 Å². The van der Waals surface area contributed by atoms with E-state index in [1.165, 1.54) is 31.3 Å². The Labute approximate surface area is 224 Å². The lowest BCUT2D eigenvalue weighted by Gasteiger charge is -2.20. The summed E-state index contributed by atoms with van der Waals surface area (Å²) in [5.41, 5.74) is 1.43. The summed E-state index contributed by atoms with van der Waals surface area (Å²) in [7, 11) is 0. The molecule has 0 fully saturated rings. The maximum absolute atomic E-state index is 14.2. The quantitative estimate of drug-likeness (QED) is 0.247. The van der Waals surface area contributed by atoms with Crippen LogP contribution in [0, 0.1) is 12.7 Å². The first kappa shape index (κ1) is 27.5. The van der Waals surface area contributed by atoms with Crippen molar-refractivity contribution < 1.29 is 37.9 Å². The van der Waals surface area contributed by atoms with Gasteiger partial charge in [0.2, 0.25) is 0 Å². The lowest BCUT2D eigenvalue weighted by Crippen LogP contribution is -2.40. The van der Waals surface area contributed by atoms with E-state index in [2.05, 4.69) is 15.6 Å². The Balaban J connectivity index is 1.44. The largest absolute Gasteiger partial charge is 0.519 e. The summed E-state index contributed by atoms with van der Waals surface area (Å²) in [5, 5.41) is 29.5. The summed E-state index contributed by atoms with van der Waals surface area (Å²) in [5.74, 6) is -3.11. The van der Waals surface area contributed by atoms with Crippen LogP contribution in [0.15, 0.2) is 62.3 Å². The molecule has 0 aliphatic rings. The molecule has 0 aliphatic carbocycles. The van der Waals surface area contributed by atoms with Gasteiger partial charge in [-0.25, -0.2) is 14.0 Å². The van der Waals surface area contributed by atoms with Crippen LogP contribution in [0.2, 0.25) is 5.02 Å². The van der Waals surface area contributed by atoms with Crippen LogP contribution in [-0.2, 0) is 17.8 Å². The zero-order valence-electron chi connectivity index (χ0n) is 20.3. The summed E-state index contributed by atoms with van der Waals surface area (Å²) >= 11 is 5.98. The number of aromatic nitrogens is 3. The van der Waals surface area contributed by atoms with Gasteiger partial charge in [0, 0.05) is 23.0 Å². The molecule has 2 atom stereocenters. The topological polar surface area (TPSA) is 170 Å². The molecule has 2 aromatic heterocycles. The predicted molar refractivity (Wildman–Crippen MR) is 132 cm³/mol. The summed E-state index contributed by atoms with van der Waals surface area (Å²) in [6, 6.07) is 10.1. The molecule has 4 rings (SSSR count). The Hall–Kier alpha value is -4.49. The minimum atomic E-state index is -1.73. The van der Waals surface area contributed by atoms with Gasteiger partial charge in [0.15, 0.2) is 29.9 Å². The number of hydrogen-bond donors (Lipinski definition) is 3. The third-order valence-corrected chi connectivity index (χ3v) is 5.91. The molecule has 2 aromatic carbocycles. The number of halogens is 2. The number of aryl methyl sites for hydroxylation is 1. The van der Waals surface area contributed by atoms with Crippen LogP contribution in [0.4, 0.5) is 4.39 Å². The smallest absolute Gasteiger partial charge is 0.479 e. The highest BCUT2D eigenvalue weighted by atomic mass is 35.5. The molecule has 2 heterocycles. The van der Waals surface area contributed by atoms with E-state index in [1.807, 2.05) is 0 Å². The van der Waals surface area contributed by atoms with Crippen LogP contribution < -0.4 is 16.0 Å². The molecule has 0 bridgehead atoms. The average Bonchev–Trinajstić information content (AvgIpc) is 3.50. The van der Waals surface area contributed by atoms with Crippen molar-refractivity contribution in [1.29, 1.82) is 0 Å². The van der Waals surface area contributed by atoms with Crippen molar-refractivity contribution in [3.05, 3.63) is 92.9 Å². The molecule has 3 N–H and O–H groups in total. The van der Waals surface area contributed by atoms with Gasteiger partial charge in [-0.05, 0) is 47.9 Å². The number of carbonyl (C=O) groups is 2. The zero-order valence-corrected chi connectivity index (χ0v) is 21.1. The van der Waals surface area contributed by atoms with Gasteiger partial charge in [-0.1, -0.05) is 40.7 Å². The Bertz CT molecular complexity index is 1530. The van der Waals surface area contributed by atoms with E-state index in [-0.39, 0.29) is 36.7 Å². The Morgan fingerprint density at radius 1 is 1.21 bits per heavy atom. The number of benzene rings is 2. The van der Waals surface area contributed by atoms with Crippen LogP contribution >= 0.6 is 11.6 Å². The molecule has 0 saturated heterocycles. The lowest BCUT2D eigenvalue weighted by atomic mass is 9.97. The van der Waals surface area contributed by atoms with Crippen molar-refractivity contribution >= 4 is 23.5 Å². The number of hydrogen-bond acceptors (Lipinski definition) is 9. The minimum Gasteiger partial charge on any atom is -0.479 e. The van der Waals surface area contributed by atoms with Crippen molar-refractivity contribution in [3.63, 3.8) is 0 Å². The maximum Gasteiger partial charge on any atom is 0.519 e. The number of carboxylic acids is 1. The second-order valence-corrected chi connectivity index (χ2v) is 8.94. The second-order valence-electron chi connectivity index (χ2n) is 8.50. The fourth-order valence-corrected chi connectivity index (χ4v) is 3.87. The Morgan fingerprint density at radius 3 is 2.62 bits per heavy atom. The molecule has 0 aliphatic heterocycles. The fraction of sp³-hybridized carbons (Fsp3) is 0.240. The highest BCUT2D eigenvalue weighted by Crippen LogP contribution is 2.26. The van der Waals surface area contributed by atoms with Crippen molar-refractivity contribution in [2.45, 2.75) is 38.5 Å². The number of rotatable bonds is 11. The van der Waals surface area contributed by atoms with E-state index in [9.17, 15) is 23.9 Å². The third-order valence-electron chi connectivity index (χ3n) is 5.67. The van der Waals surface area contributed by atoms with E-state index in [0.717, 1.165) is 4.85 Å². The molecule has 12 nitrogen and oxygen atoms in total. The number of nitrogens with one attached hydrogen (secondary N) is 1. The highest BCUT2D eigenvalue weighted by Gasteiger charge is 2.24. The lowest BCUT2D eigenvalue weighted by molar-refractivity contribution is -0.147. The monoisotopic (exact) mass is 560 g/mol. The predicted octanol–water partition coefficient (Wildman–Crippen LogP) is 2.40. The first-order valence-electron chi connectivity index (χ1n) is 11.5. The van der Waals surface area contributed by atoms with Crippen molar-refractivity contribution in [2.24, 2.45) is 0 Å². The van der Waals surface area contributed by atoms with Gasteiger partial charge in [-0.2, -0.15) is 0 Å². The zero-order chi connectivity index (χ0) is 28.1. The third kappa shape index (κ3) is 7.09. The van der Waals surface area contributed by atoms with E-state index in [4.69, 9.17) is 30.4 Å². The second kappa shape index (κ2) is 11.9. The molecule has 39 heavy (non-hydrogen) atoms. The van der Waals surface area contributed by atoms with Gasteiger partial charge in [0.25, 0.3) is 5.91 Å². The first-order valence-corrected chi connectivity index (χ1v) is 11.9. The summed E-state index contributed by atoms with van der Waals surface area (Å²) in [6.45, 7) is 1.29. The van der Waals surface area contributed by atoms with Crippen molar-refractivity contribution in [3.8, 4) is 11.1 Å². The molecule has 0 saturated carbocycles. The summed E-state index contributed by atoms with van der Waals surface area (Å²) < 4.78 is 23.8. The number of aliphatic hydroxyl groups excluding tert-OH is 1. The van der Waals surface area contributed by atoms with Crippen LogP contribution in [0.3, 0.4) is 0 Å². The molecule has 0 radical (unpaired) electrons. The fourth-order valence-electron chi connectivity index (χ4n) is 3.69. The van der Waals surface area contributed by atoms with Gasteiger partial charge in [0.1, 0.15) is 12.0 Å². The SMILES string of the molecule is Cc1oc(=O)oc1COn1cc(C(=O)NC(Cc2ccc(-c3cc(Cl)ccc3F)cc2)CC(O)C(=O)O)nn1. The van der Waals surface area contributed by atoms with E-state index < -0.39 is 35.7 Å². The number of aliphatic carboxylic acids is 1. The van der Waals surface area contributed by atoms with E-state index >= 15 is 0 Å². The first-order chi connectivity index (χ1) is 18.6. The van der Waals surface area contributed by atoms with Gasteiger partial charge < -0.3 is 29.2 Å². The van der Waals surface area contributed by atoms with Crippen molar-refractivity contribution in [1.82, 2.24) is 20.5 Å². The van der Waals surface area contributed by atoms with Crippen molar-refractivity contribution in [2.75, 3.05) is 0 Å². The molecule has 2 unspecified atom stereocenters. The summed E-state index contributed by atoms with van der Waals surface area (Å²) in [6.07, 6.45) is -0.712.